The summed E-state index contributed by atoms with van der Waals surface area (Å²) < 4.78 is 13.3. The van der Waals surface area contributed by atoms with Gasteiger partial charge in [-0.3, -0.25) is 0 Å². The topological polar surface area (TPSA) is 49.2 Å². The Morgan fingerprint density at radius 1 is 1.30 bits per heavy atom. The maximum atomic E-state index is 5.81. The van der Waals surface area contributed by atoms with Crippen molar-refractivity contribution < 1.29 is 9.47 Å². The molecule has 1 saturated heterocycles. The highest BCUT2D eigenvalue weighted by atomic mass is 16.5. The Morgan fingerprint density at radius 2 is 2.26 bits per heavy atom. The molecule has 1 aliphatic rings. The average molecular weight is 309 g/mol. The van der Waals surface area contributed by atoms with Crippen LogP contribution in [0.3, 0.4) is 0 Å². The Labute approximate surface area is 134 Å². The summed E-state index contributed by atoms with van der Waals surface area (Å²) in [6, 6.07) is 11.9. The lowest BCUT2D eigenvalue weighted by atomic mass is 10.2. The van der Waals surface area contributed by atoms with Crippen molar-refractivity contribution in [1.82, 2.24) is 14.5 Å². The van der Waals surface area contributed by atoms with Crippen LogP contribution >= 0.6 is 0 Å². The molecule has 5 nitrogen and oxygen atoms in total. The van der Waals surface area contributed by atoms with Crippen LogP contribution in [0.1, 0.15) is 12.8 Å². The quantitative estimate of drug-likeness (QED) is 0.742. The third-order valence-electron chi connectivity index (χ3n) is 4.24. The van der Waals surface area contributed by atoms with Gasteiger partial charge in [-0.25, -0.2) is 9.97 Å². The Balaban J connectivity index is 1.83. The average Bonchev–Trinajstić information content (AvgIpc) is 3.24. The van der Waals surface area contributed by atoms with E-state index in [9.17, 15) is 0 Å². The zero-order valence-corrected chi connectivity index (χ0v) is 13.1. The van der Waals surface area contributed by atoms with Crippen LogP contribution in [0.2, 0.25) is 0 Å². The fourth-order valence-corrected chi connectivity index (χ4v) is 3.11. The summed E-state index contributed by atoms with van der Waals surface area (Å²) in [7, 11) is 1.68. The van der Waals surface area contributed by atoms with Crippen molar-refractivity contribution in [3.8, 4) is 17.1 Å². The highest BCUT2D eigenvalue weighted by Crippen LogP contribution is 2.28. The smallest absolute Gasteiger partial charge is 0.160 e. The molecule has 0 N–H and O–H groups in total. The van der Waals surface area contributed by atoms with Crippen LogP contribution in [0, 0.1) is 0 Å². The van der Waals surface area contributed by atoms with Crippen molar-refractivity contribution in [2.45, 2.75) is 25.5 Å². The molecule has 3 aromatic rings. The molecule has 0 amide bonds. The van der Waals surface area contributed by atoms with Gasteiger partial charge < -0.3 is 14.0 Å². The Hall–Kier alpha value is -2.40. The zero-order chi connectivity index (χ0) is 15.6. The lowest BCUT2D eigenvalue weighted by Gasteiger charge is -2.14. The largest absolute Gasteiger partial charge is 0.497 e. The molecule has 1 fully saturated rings. The maximum absolute atomic E-state index is 5.81. The second-order valence-electron chi connectivity index (χ2n) is 5.76. The van der Waals surface area contributed by atoms with Gasteiger partial charge in [0.2, 0.25) is 0 Å². The number of hydrogen-bond acceptors (Lipinski definition) is 4. The normalized spacial score (nSPS) is 17.7. The van der Waals surface area contributed by atoms with Crippen LogP contribution in [0.25, 0.3) is 22.6 Å². The van der Waals surface area contributed by atoms with E-state index in [1.54, 1.807) is 7.11 Å². The van der Waals surface area contributed by atoms with E-state index in [4.69, 9.17) is 14.5 Å². The molecule has 1 unspecified atom stereocenters. The first-order chi connectivity index (χ1) is 11.3. The molecule has 23 heavy (non-hydrogen) atoms. The molecular formula is C18H19N3O2. The summed E-state index contributed by atoms with van der Waals surface area (Å²) in [5, 5.41) is 0. The van der Waals surface area contributed by atoms with Crippen molar-refractivity contribution in [1.29, 1.82) is 0 Å². The number of fused-ring (bicyclic) bond motifs is 1. The minimum atomic E-state index is 0.235. The summed E-state index contributed by atoms with van der Waals surface area (Å²) in [6.07, 6.45) is 4.26. The number of rotatable bonds is 4. The molecule has 1 aromatic carbocycles. The van der Waals surface area contributed by atoms with E-state index in [1.807, 2.05) is 36.5 Å². The van der Waals surface area contributed by atoms with Gasteiger partial charge in [-0.15, -0.1) is 0 Å². The molecule has 0 spiro atoms. The predicted molar refractivity (Wildman–Crippen MR) is 88.5 cm³/mol. The van der Waals surface area contributed by atoms with Crippen molar-refractivity contribution in [2.75, 3.05) is 13.7 Å². The summed E-state index contributed by atoms with van der Waals surface area (Å²) in [5.74, 6) is 1.74. The maximum Gasteiger partial charge on any atom is 0.160 e. The third-order valence-corrected chi connectivity index (χ3v) is 4.24. The first-order valence-electron chi connectivity index (χ1n) is 7.92. The number of ether oxygens (including phenoxy) is 2. The number of hydrogen-bond donors (Lipinski definition) is 0. The Kier molecular flexibility index (Phi) is 3.71. The zero-order valence-electron chi connectivity index (χ0n) is 13.1. The van der Waals surface area contributed by atoms with Gasteiger partial charge in [0, 0.05) is 18.4 Å². The summed E-state index contributed by atoms with van der Waals surface area (Å²) >= 11 is 0. The molecule has 0 saturated carbocycles. The van der Waals surface area contributed by atoms with E-state index in [0.717, 1.165) is 54.3 Å². The molecule has 1 atom stereocenters. The van der Waals surface area contributed by atoms with E-state index in [2.05, 4.69) is 15.6 Å². The van der Waals surface area contributed by atoms with E-state index in [-0.39, 0.29) is 6.10 Å². The molecular weight excluding hydrogens is 290 g/mol. The number of aromatic nitrogens is 3. The SMILES string of the molecule is COc1cccc(-c2nc3cccnc3n2CC2CCCO2)c1. The second kappa shape index (κ2) is 6.01. The summed E-state index contributed by atoms with van der Waals surface area (Å²) in [4.78, 5) is 9.32. The standard InChI is InChI=1S/C18H19N3O2/c1-22-14-6-2-5-13(11-14)17-20-16-8-3-9-19-18(16)21(17)12-15-7-4-10-23-15/h2-3,5-6,8-9,11,15H,4,7,10,12H2,1H3. The summed E-state index contributed by atoms with van der Waals surface area (Å²) in [6.45, 7) is 1.62. The van der Waals surface area contributed by atoms with Crippen LogP contribution < -0.4 is 4.74 Å². The van der Waals surface area contributed by atoms with Gasteiger partial charge in [-0.2, -0.15) is 0 Å². The molecule has 0 aliphatic carbocycles. The van der Waals surface area contributed by atoms with E-state index >= 15 is 0 Å². The van der Waals surface area contributed by atoms with Crippen LogP contribution in [0.4, 0.5) is 0 Å². The highest BCUT2D eigenvalue weighted by Gasteiger charge is 2.21. The fraction of sp³-hybridized carbons (Fsp3) is 0.333. The first-order valence-corrected chi connectivity index (χ1v) is 7.92. The molecule has 5 heteroatoms. The number of nitrogens with zero attached hydrogens (tertiary/aromatic N) is 3. The molecule has 4 rings (SSSR count). The number of imidazole rings is 1. The molecule has 1 aliphatic heterocycles. The van der Waals surface area contributed by atoms with Gasteiger partial charge in [0.1, 0.15) is 17.1 Å². The monoisotopic (exact) mass is 309 g/mol. The van der Waals surface area contributed by atoms with Crippen molar-refractivity contribution >= 4 is 11.2 Å². The van der Waals surface area contributed by atoms with Gasteiger partial charge in [0.25, 0.3) is 0 Å². The van der Waals surface area contributed by atoms with E-state index in [1.165, 1.54) is 0 Å². The van der Waals surface area contributed by atoms with Crippen LogP contribution in [0.5, 0.6) is 5.75 Å². The van der Waals surface area contributed by atoms with Gasteiger partial charge in [0.15, 0.2) is 5.65 Å². The minimum absolute atomic E-state index is 0.235. The van der Waals surface area contributed by atoms with E-state index < -0.39 is 0 Å². The predicted octanol–water partition coefficient (Wildman–Crippen LogP) is 3.29. The number of pyridine rings is 1. The van der Waals surface area contributed by atoms with Gasteiger partial charge in [0.05, 0.1) is 19.8 Å². The molecule has 0 bridgehead atoms. The Morgan fingerprint density at radius 3 is 3.09 bits per heavy atom. The van der Waals surface area contributed by atoms with Crippen LogP contribution in [0.15, 0.2) is 42.6 Å². The second-order valence-corrected chi connectivity index (χ2v) is 5.76. The third kappa shape index (κ3) is 2.68. The van der Waals surface area contributed by atoms with Gasteiger partial charge in [-0.05, 0) is 37.1 Å². The van der Waals surface area contributed by atoms with Crippen LogP contribution in [-0.4, -0.2) is 34.4 Å². The van der Waals surface area contributed by atoms with Crippen molar-refractivity contribution in [3.05, 3.63) is 42.6 Å². The highest BCUT2D eigenvalue weighted by molar-refractivity contribution is 5.77. The van der Waals surface area contributed by atoms with Gasteiger partial charge in [-0.1, -0.05) is 12.1 Å². The number of benzene rings is 1. The summed E-state index contributed by atoms with van der Waals surface area (Å²) in [5.41, 5.74) is 2.84. The van der Waals surface area contributed by atoms with Crippen molar-refractivity contribution in [3.63, 3.8) is 0 Å². The van der Waals surface area contributed by atoms with Gasteiger partial charge >= 0.3 is 0 Å². The lowest BCUT2D eigenvalue weighted by molar-refractivity contribution is 0.0981. The molecule has 3 heterocycles. The lowest BCUT2D eigenvalue weighted by Crippen LogP contribution is -2.16. The first kappa shape index (κ1) is 14.2. The minimum Gasteiger partial charge on any atom is -0.497 e. The molecule has 0 radical (unpaired) electrons. The molecule has 2 aromatic heterocycles. The Bertz CT molecular complexity index is 822. The van der Waals surface area contributed by atoms with Crippen molar-refractivity contribution in [2.24, 2.45) is 0 Å². The number of methoxy groups -OCH3 is 1. The van der Waals surface area contributed by atoms with Crippen LogP contribution in [-0.2, 0) is 11.3 Å². The fourth-order valence-electron chi connectivity index (χ4n) is 3.11. The van der Waals surface area contributed by atoms with E-state index in [0.29, 0.717) is 0 Å². The molecule has 118 valence electrons.